The van der Waals surface area contributed by atoms with Gasteiger partial charge in [0.15, 0.2) is 5.82 Å². The van der Waals surface area contributed by atoms with Crippen LogP contribution in [-0.4, -0.2) is 28.2 Å². The van der Waals surface area contributed by atoms with Gasteiger partial charge >= 0.3 is 0 Å². The molecule has 0 radical (unpaired) electrons. The van der Waals surface area contributed by atoms with Crippen LogP contribution in [0.4, 0.5) is 0 Å². The fourth-order valence-electron chi connectivity index (χ4n) is 16.2. The Hall–Kier alpha value is -13.9. The van der Waals surface area contributed by atoms with Crippen molar-refractivity contribution < 1.29 is 0 Å². The molecule has 20 rings (SSSR count). The van der Waals surface area contributed by atoms with Gasteiger partial charge in [-0.1, -0.05) is 255 Å². The van der Waals surface area contributed by atoms with Crippen LogP contribution in [0.5, 0.6) is 0 Å². The fourth-order valence-corrected chi connectivity index (χ4v) is 16.2. The third-order valence-electron chi connectivity index (χ3n) is 20.6. The van der Waals surface area contributed by atoms with E-state index in [0.717, 1.165) is 177 Å². The van der Waals surface area contributed by atoms with Gasteiger partial charge in [0.25, 0.3) is 0 Å². The van der Waals surface area contributed by atoms with Crippen molar-refractivity contribution >= 4 is 87.2 Å². The molecule has 0 amide bonds. The molecule has 0 aliphatic heterocycles. The highest BCUT2D eigenvalue weighted by atomic mass is 15.0. The molecule has 0 bridgehead atoms. The molecule has 474 valence electrons. The Morgan fingerprint density at radius 3 is 0.814 bits per heavy atom. The van der Waals surface area contributed by atoms with Gasteiger partial charge in [-0.3, -0.25) is 0 Å². The molecule has 5 heterocycles. The van der Waals surface area contributed by atoms with E-state index in [1.165, 1.54) is 0 Å². The van der Waals surface area contributed by atoms with Crippen molar-refractivity contribution in [2.75, 3.05) is 0 Å². The molecule has 0 saturated heterocycles. The van der Waals surface area contributed by atoms with Gasteiger partial charge in [-0.25, -0.2) is 9.97 Å². The Kier molecular flexibility index (Phi) is 13.5. The van der Waals surface area contributed by atoms with E-state index in [0.29, 0.717) is 17.1 Å². The van der Waals surface area contributed by atoms with Crippen LogP contribution in [0.2, 0.25) is 0 Å². The van der Waals surface area contributed by atoms with E-state index in [9.17, 15) is 5.26 Å². The van der Waals surface area contributed by atoms with Crippen LogP contribution in [0.1, 0.15) is 5.56 Å². The number of para-hydroxylation sites is 8. The van der Waals surface area contributed by atoms with Crippen LogP contribution in [0.3, 0.4) is 0 Å². The Balaban J connectivity index is 1.03. The van der Waals surface area contributed by atoms with E-state index in [2.05, 4.69) is 358 Å². The average Bonchev–Trinajstić information content (AvgIpc) is 1.11. The van der Waals surface area contributed by atoms with Gasteiger partial charge in [0, 0.05) is 99.2 Å². The molecular weight excluding hydrogens is 1240 g/mol. The summed E-state index contributed by atoms with van der Waals surface area (Å²) in [4.78, 5) is 11.4. The molecule has 5 aromatic heterocycles. The molecule has 0 N–H and O–H groups in total. The summed E-state index contributed by atoms with van der Waals surface area (Å²) in [6, 6.07) is 131. The number of hydrogen-bond acceptors (Lipinski definition) is 3. The lowest BCUT2D eigenvalue weighted by Crippen LogP contribution is -2.05. The van der Waals surface area contributed by atoms with E-state index in [-0.39, 0.29) is 0 Å². The van der Waals surface area contributed by atoms with Crippen LogP contribution < -0.4 is 0 Å². The van der Waals surface area contributed by atoms with Crippen molar-refractivity contribution in [2.24, 2.45) is 0 Å². The molecule has 0 spiro atoms. The Labute approximate surface area is 587 Å². The maximum absolute atomic E-state index is 13.3. The minimum absolute atomic E-state index is 0.497. The van der Waals surface area contributed by atoms with Crippen LogP contribution >= 0.6 is 0 Å². The third kappa shape index (κ3) is 9.21. The zero-order valence-corrected chi connectivity index (χ0v) is 55.2. The third-order valence-corrected chi connectivity index (χ3v) is 20.6. The lowest BCUT2D eigenvalue weighted by molar-refractivity contribution is 1.18. The number of nitriles is 1. The first-order chi connectivity index (χ1) is 50.6. The van der Waals surface area contributed by atoms with Crippen molar-refractivity contribution in [3.05, 3.63) is 363 Å². The first-order valence-corrected chi connectivity index (χ1v) is 34.6. The molecule has 0 aliphatic carbocycles. The average molecular weight is 1300 g/mol. The summed E-state index contributed by atoms with van der Waals surface area (Å²) >= 11 is 0. The number of fused-ring (bicyclic) bond motifs is 12. The van der Waals surface area contributed by atoms with Gasteiger partial charge in [-0.2, -0.15) is 5.26 Å². The molecule has 0 atom stereocenters. The molecular formula is C95H59N7. The number of benzene rings is 15. The van der Waals surface area contributed by atoms with Crippen LogP contribution in [-0.2, 0) is 0 Å². The molecule has 7 heteroatoms. The normalized spacial score (nSPS) is 11.7. The molecule has 0 unspecified atom stereocenters. The Morgan fingerprint density at radius 2 is 0.471 bits per heavy atom. The number of aromatic nitrogens is 6. The van der Waals surface area contributed by atoms with Gasteiger partial charge in [0.1, 0.15) is 6.07 Å². The first kappa shape index (κ1) is 58.2. The zero-order chi connectivity index (χ0) is 67.4. The number of rotatable bonds is 11. The summed E-state index contributed by atoms with van der Waals surface area (Å²) in [7, 11) is 0. The van der Waals surface area contributed by atoms with E-state index in [1.54, 1.807) is 0 Å². The molecule has 20 aromatic rings. The number of nitrogens with zero attached hydrogens (tertiary/aromatic N) is 7. The predicted octanol–water partition coefficient (Wildman–Crippen LogP) is 24.4. The molecule has 7 nitrogen and oxygen atoms in total. The smallest absolute Gasteiger partial charge is 0.160 e. The monoisotopic (exact) mass is 1300 g/mol. The molecule has 0 saturated carbocycles. The molecule has 15 aromatic carbocycles. The van der Waals surface area contributed by atoms with Crippen molar-refractivity contribution in [1.29, 1.82) is 5.26 Å². The van der Waals surface area contributed by atoms with Gasteiger partial charge in [-0.05, 0) is 131 Å². The van der Waals surface area contributed by atoms with Gasteiger partial charge in [-0.15, -0.1) is 0 Å². The van der Waals surface area contributed by atoms with E-state index in [4.69, 9.17) is 9.97 Å². The van der Waals surface area contributed by atoms with Crippen LogP contribution in [0, 0.1) is 11.3 Å². The second kappa shape index (κ2) is 23.7. The van der Waals surface area contributed by atoms with Crippen LogP contribution in [0.15, 0.2) is 358 Å². The number of hydrogen-bond donors (Lipinski definition) is 0. The van der Waals surface area contributed by atoms with Crippen molar-refractivity contribution in [1.82, 2.24) is 28.2 Å². The summed E-state index contributed by atoms with van der Waals surface area (Å²) in [5.41, 5.74) is 23.9. The minimum Gasteiger partial charge on any atom is -0.309 e. The van der Waals surface area contributed by atoms with Crippen molar-refractivity contribution in [3.63, 3.8) is 0 Å². The van der Waals surface area contributed by atoms with Gasteiger partial charge in [0.05, 0.1) is 61.1 Å². The fraction of sp³-hybridized carbons (Fsp3) is 0. The molecule has 0 fully saturated rings. The highest BCUT2D eigenvalue weighted by molar-refractivity contribution is 6.19. The van der Waals surface area contributed by atoms with E-state index < -0.39 is 0 Å². The quantitative estimate of drug-likeness (QED) is 0.130. The maximum atomic E-state index is 13.3. The SMILES string of the molecule is N#Cc1c(-c2ccc3c4ccccc4n(-c4ccccc4)c3c2)c(-c2ccc3c4ccccc4n(-c4ccccc4)c3c2)c(-c2ccc3c4ccccc4n(-c4ccccc4)c3c2)c(-c2cc(-c3ccccc3)nc(-c3ccccc3)n2)c1-c1ccc2c3ccccc3n(-c3ccccc3)c2c1. The largest absolute Gasteiger partial charge is 0.309 e. The maximum Gasteiger partial charge on any atom is 0.160 e. The summed E-state index contributed by atoms with van der Waals surface area (Å²) in [6.45, 7) is 0. The molecule has 102 heavy (non-hydrogen) atoms. The van der Waals surface area contributed by atoms with Gasteiger partial charge < -0.3 is 18.3 Å². The molecule has 0 aliphatic rings. The highest BCUT2D eigenvalue weighted by Gasteiger charge is 2.33. The van der Waals surface area contributed by atoms with E-state index in [1.807, 2.05) is 24.3 Å². The first-order valence-electron chi connectivity index (χ1n) is 34.6. The highest BCUT2D eigenvalue weighted by Crippen LogP contribution is 2.55. The topological polar surface area (TPSA) is 69.3 Å². The van der Waals surface area contributed by atoms with Gasteiger partial charge in [0.2, 0.25) is 0 Å². The second-order valence-corrected chi connectivity index (χ2v) is 26.2. The Morgan fingerprint density at radius 1 is 0.206 bits per heavy atom. The van der Waals surface area contributed by atoms with E-state index >= 15 is 0 Å². The lowest BCUT2D eigenvalue weighted by Gasteiger charge is -2.26. The minimum atomic E-state index is 0.497. The summed E-state index contributed by atoms with van der Waals surface area (Å²) in [5.74, 6) is 0.556. The standard InChI is InChI=1S/C95H59N7/c96-60-79-90(63-47-51-75-71-39-19-23-43-82(71)99(86(75)55-63)67-31-11-3-12-32-67)92(65-49-53-77-73-41-21-25-45-84(73)101(88(77)57-65)69-35-15-5-16-36-69)93(66-50-54-78-74-42-22-26-46-85(74)102(89(78)58-66)70-37-17-6-18-38-70)94(81-59-80(61-27-7-1-8-28-61)97-95(98-81)62-29-9-2-10-30-62)91(79)64-48-52-76-72-40-20-24-44-83(72)100(87(76)56-64)68-33-13-4-14-34-68/h1-59H. The second-order valence-electron chi connectivity index (χ2n) is 26.2. The summed E-state index contributed by atoms with van der Waals surface area (Å²) in [6.07, 6.45) is 0. The summed E-state index contributed by atoms with van der Waals surface area (Å²) < 4.78 is 9.55. The van der Waals surface area contributed by atoms with Crippen molar-refractivity contribution in [3.8, 4) is 107 Å². The van der Waals surface area contributed by atoms with Crippen LogP contribution in [0.25, 0.3) is 188 Å². The Bertz CT molecular complexity index is 6720. The zero-order valence-electron chi connectivity index (χ0n) is 55.2. The van der Waals surface area contributed by atoms with Crippen molar-refractivity contribution in [2.45, 2.75) is 0 Å². The predicted molar refractivity (Wildman–Crippen MR) is 422 cm³/mol. The lowest BCUT2D eigenvalue weighted by atomic mass is 9.76. The summed E-state index contributed by atoms with van der Waals surface area (Å²) in [5, 5.41) is 22.2.